The number of fused-ring (bicyclic) bond motifs is 15. The van der Waals surface area contributed by atoms with Crippen molar-refractivity contribution >= 4 is 118 Å². The van der Waals surface area contributed by atoms with Gasteiger partial charge in [-0.3, -0.25) is 18.1 Å². The Morgan fingerprint density at radius 1 is 0.260 bits per heavy atom. The Kier molecular flexibility index (Phi) is 12.4. The van der Waals surface area contributed by atoms with E-state index in [1.54, 1.807) is 0 Å². The third-order valence-electron chi connectivity index (χ3n) is 20.9. The summed E-state index contributed by atoms with van der Waals surface area (Å²) in [7, 11) is 0. The molecule has 2 aliphatic rings. The lowest BCUT2D eigenvalue weighted by atomic mass is 9.35. The first-order valence-corrected chi connectivity index (χ1v) is 34.2. The van der Waals surface area contributed by atoms with Crippen LogP contribution in [0.4, 0.5) is 0 Å². The standard InChI is InChI=1S/C90H56B2N6O2/c1-2-25-57(26-3-1)62-29-4-9-36-69(62)92-73-40-13-21-50-84(73)100-85-54-58(51-52-74(85)92)60-55-86(96-76-42-15-6-31-64(76)65-32-7-16-43-77(65)96)94-87(56-60)97-78-44-17-8-33-68(78)88-66(34-23-46-80(88)97)67-35-24-47-81-89(67)98-79-45-18-14-41-75(79)93-90(98)95(81)61-28-22-27-59(53-61)63-30-5-10-37-70(63)91-71-38-11-19-48-82(71)99-83-49-20-12-39-72(83)91/h1-56H. The molecular weight excluding hydrogens is 1220 g/mol. The van der Waals surface area contributed by atoms with Gasteiger partial charge >= 0.3 is 0 Å². The van der Waals surface area contributed by atoms with Crippen LogP contribution in [0.25, 0.3) is 133 Å². The molecule has 0 saturated heterocycles. The summed E-state index contributed by atoms with van der Waals surface area (Å²) < 4.78 is 23.1. The minimum absolute atomic E-state index is 0.0388. The molecule has 21 rings (SSSR count). The first-order chi connectivity index (χ1) is 49.6. The molecule has 464 valence electrons. The summed E-state index contributed by atoms with van der Waals surface area (Å²) in [4.78, 5) is 11.4. The molecule has 8 nitrogen and oxygen atoms in total. The monoisotopic (exact) mass is 1270 g/mol. The van der Waals surface area contributed by atoms with E-state index in [0.29, 0.717) is 0 Å². The van der Waals surface area contributed by atoms with Gasteiger partial charge in [0.05, 0.1) is 44.1 Å². The van der Waals surface area contributed by atoms with Crippen molar-refractivity contribution in [3.8, 4) is 84.8 Å². The van der Waals surface area contributed by atoms with Gasteiger partial charge in [0.15, 0.2) is 0 Å². The maximum absolute atomic E-state index is 7.06. The highest BCUT2D eigenvalue weighted by Crippen LogP contribution is 2.45. The van der Waals surface area contributed by atoms with Gasteiger partial charge in [-0.1, -0.05) is 260 Å². The highest BCUT2D eigenvalue weighted by molar-refractivity contribution is 6.98. The Morgan fingerprint density at radius 3 is 1.38 bits per heavy atom. The lowest BCUT2D eigenvalue weighted by Crippen LogP contribution is -2.55. The zero-order valence-electron chi connectivity index (χ0n) is 54.0. The molecule has 0 N–H and O–H groups in total. The fraction of sp³-hybridized carbons (Fsp3) is 0. The zero-order valence-corrected chi connectivity index (χ0v) is 54.0. The van der Waals surface area contributed by atoms with Gasteiger partial charge in [-0.05, 0) is 152 Å². The van der Waals surface area contributed by atoms with E-state index in [-0.39, 0.29) is 13.4 Å². The Morgan fingerprint density at radius 2 is 0.720 bits per heavy atom. The summed E-state index contributed by atoms with van der Waals surface area (Å²) in [6.45, 7) is -0.115. The molecule has 19 aromatic rings. The summed E-state index contributed by atoms with van der Waals surface area (Å²) in [5.74, 6) is 5.87. The van der Waals surface area contributed by atoms with Gasteiger partial charge in [0.1, 0.15) is 34.6 Å². The fourth-order valence-corrected chi connectivity index (χ4v) is 16.6. The predicted octanol–water partition coefficient (Wildman–Crippen LogP) is 17.9. The Hall–Kier alpha value is -13.2. The third-order valence-corrected chi connectivity index (χ3v) is 20.9. The summed E-state index contributed by atoms with van der Waals surface area (Å²) in [5, 5.41) is 4.57. The first-order valence-electron chi connectivity index (χ1n) is 34.2. The van der Waals surface area contributed by atoms with Crippen LogP contribution < -0.4 is 42.3 Å². The molecule has 0 aliphatic carbocycles. The molecule has 0 atom stereocenters. The van der Waals surface area contributed by atoms with Crippen molar-refractivity contribution in [2.75, 3.05) is 0 Å². The van der Waals surface area contributed by atoms with Crippen molar-refractivity contribution in [3.05, 3.63) is 340 Å². The van der Waals surface area contributed by atoms with Gasteiger partial charge in [-0.2, -0.15) is 0 Å². The summed E-state index contributed by atoms with van der Waals surface area (Å²) in [6, 6.07) is 122. The molecule has 0 fully saturated rings. The van der Waals surface area contributed by atoms with Crippen molar-refractivity contribution in [2.24, 2.45) is 0 Å². The molecule has 5 aromatic heterocycles. The van der Waals surface area contributed by atoms with Crippen LogP contribution in [-0.4, -0.2) is 41.5 Å². The van der Waals surface area contributed by atoms with Gasteiger partial charge in [0, 0.05) is 32.8 Å². The van der Waals surface area contributed by atoms with E-state index in [0.717, 1.165) is 156 Å². The van der Waals surface area contributed by atoms with Crippen molar-refractivity contribution < 1.29 is 9.47 Å². The van der Waals surface area contributed by atoms with Crippen LogP contribution in [0.5, 0.6) is 23.0 Å². The molecule has 0 saturated carbocycles. The molecule has 0 spiro atoms. The van der Waals surface area contributed by atoms with E-state index < -0.39 is 0 Å². The van der Waals surface area contributed by atoms with Gasteiger partial charge < -0.3 is 9.47 Å². The second-order valence-corrected chi connectivity index (χ2v) is 26.3. The quantitative estimate of drug-likeness (QED) is 0.135. The summed E-state index contributed by atoms with van der Waals surface area (Å²) in [5.41, 5.74) is 25.1. The number of ether oxygens (including phenoxy) is 2. The molecule has 0 radical (unpaired) electrons. The zero-order chi connectivity index (χ0) is 65.5. The number of para-hydroxylation sites is 9. The highest BCUT2D eigenvalue weighted by Gasteiger charge is 2.36. The van der Waals surface area contributed by atoms with E-state index >= 15 is 0 Å². The number of benzene rings is 14. The van der Waals surface area contributed by atoms with Crippen LogP contribution in [0.3, 0.4) is 0 Å². The van der Waals surface area contributed by atoms with E-state index in [2.05, 4.69) is 358 Å². The predicted molar refractivity (Wildman–Crippen MR) is 413 cm³/mol. The van der Waals surface area contributed by atoms with Crippen LogP contribution in [0.2, 0.25) is 0 Å². The summed E-state index contributed by atoms with van der Waals surface area (Å²) >= 11 is 0. The molecule has 14 aromatic carbocycles. The van der Waals surface area contributed by atoms with Gasteiger partial charge in [-0.15, -0.1) is 0 Å². The molecule has 7 heterocycles. The fourth-order valence-electron chi connectivity index (χ4n) is 16.6. The number of hydrogen-bond acceptors (Lipinski definition) is 4. The number of nitrogens with zero attached hydrogens (tertiary/aromatic N) is 6. The van der Waals surface area contributed by atoms with Crippen molar-refractivity contribution in [1.29, 1.82) is 0 Å². The number of rotatable bonds is 9. The van der Waals surface area contributed by atoms with Crippen LogP contribution in [0, 0.1) is 0 Å². The number of hydrogen-bond donors (Lipinski definition) is 0. The largest absolute Gasteiger partial charge is 0.458 e. The van der Waals surface area contributed by atoms with Crippen LogP contribution in [0.15, 0.2) is 340 Å². The number of imidazole rings is 2. The van der Waals surface area contributed by atoms with Crippen molar-refractivity contribution in [2.45, 2.75) is 0 Å². The average molecular weight is 1280 g/mol. The first kappa shape index (κ1) is 56.0. The number of pyridine rings is 1. The lowest BCUT2D eigenvalue weighted by Gasteiger charge is -2.28. The second-order valence-electron chi connectivity index (χ2n) is 26.3. The van der Waals surface area contributed by atoms with E-state index in [1.165, 1.54) is 32.8 Å². The van der Waals surface area contributed by atoms with Gasteiger partial charge in [0.25, 0.3) is 13.4 Å². The minimum Gasteiger partial charge on any atom is -0.458 e. The number of aromatic nitrogens is 6. The minimum atomic E-state index is -0.0765. The maximum atomic E-state index is 7.06. The normalized spacial score (nSPS) is 12.5. The van der Waals surface area contributed by atoms with Crippen molar-refractivity contribution in [3.63, 3.8) is 0 Å². The van der Waals surface area contributed by atoms with Crippen molar-refractivity contribution in [1.82, 2.24) is 28.1 Å². The molecular formula is C90H56B2N6O2. The highest BCUT2D eigenvalue weighted by atomic mass is 16.5. The van der Waals surface area contributed by atoms with E-state index in [9.17, 15) is 0 Å². The third kappa shape index (κ3) is 8.50. The molecule has 0 bridgehead atoms. The Balaban J connectivity index is 0.760. The van der Waals surface area contributed by atoms with E-state index in [1.807, 2.05) is 0 Å². The SMILES string of the molecule is c1ccc(-c2ccccc2B2c3ccccc3Oc3cc(-c4cc(-n5c6ccccc6c6ccccc65)nc(-n5c6ccccc6c6c(-c7cccc8c7n7c9ccccc9nc7n8-c7cccc(-c8ccccc8B8c9ccccc9Oc9ccccc98)c7)cccc65)c4)ccc32)cc1. The Bertz CT molecular complexity index is 6500. The van der Waals surface area contributed by atoms with Crippen LogP contribution in [0.1, 0.15) is 0 Å². The molecule has 2 aliphatic heterocycles. The average Bonchev–Trinajstić information content (AvgIpc) is 1.53. The maximum Gasteiger partial charge on any atom is 0.251 e. The molecule has 10 heteroatoms. The van der Waals surface area contributed by atoms with Crippen LogP contribution in [-0.2, 0) is 0 Å². The van der Waals surface area contributed by atoms with Gasteiger partial charge in [0.2, 0.25) is 5.78 Å². The molecule has 0 amide bonds. The topological polar surface area (TPSA) is 63.4 Å². The molecule has 100 heavy (non-hydrogen) atoms. The lowest BCUT2D eigenvalue weighted by molar-refractivity contribution is 0.487. The molecule has 0 unspecified atom stereocenters. The van der Waals surface area contributed by atoms with Gasteiger partial charge in [-0.25, -0.2) is 9.97 Å². The Labute approximate surface area is 576 Å². The smallest absolute Gasteiger partial charge is 0.251 e. The summed E-state index contributed by atoms with van der Waals surface area (Å²) in [6.07, 6.45) is 0. The van der Waals surface area contributed by atoms with E-state index in [4.69, 9.17) is 19.4 Å². The second kappa shape index (κ2) is 22.2. The van der Waals surface area contributed by atoms with Crippen LogP contribution >= 0.6 is 0 Å².